The van der Waals surface area contributed by atoms with E-state index < -0.39 is 5.60 Å². The highest BCUT2D eigenvalue weighted by Crippen LogP contribution is 2.18. The molecule has 0 radical (unpaired) electrons. The van der Waals surface area contributed by atoms with Crippen molar-refractivity contribution in [2.45, 2.75) is 65.5 Å². The first-order valence-corrected chi connectivity index (χ1v) is 9.01. The van der Waals surface area contributed by atoms with Gasteiger partial charge in [-0.15, -0.1) is 0 Å². The molecule has 4 nitrogen and oxygen atoms in total. The molecule has 0 saturated heterocycles. The number of carbonyl (C=O) groups is 2. The van der Waals surface area contributed by atoms with Crippen molar-refractivity contribution in [1.29, 1.82) is 0 Å². The third-order valence-corrected chi connectivity index (χ3v) is 4.38. The minimum absolute atomic E-state index is 0.153. The zero-order chi connectivity index (χ0) is 17.5. The first-order chi connectivity index (χ1) is 10.8. The molecular formula is C18H26INO3. The van der Waals surface area contributed by atoms with Crippen LogP contribution in [0.3, 0.4) is 0 Å². The van der Waals surface area contributed by atoms with Crippen molar-refractivity contribution in [2.24, 2.45) is 0 Å². The van der Waals surface area contributed by atoms with E-state index in [4.69, 9.17) is 4.74 Å². The molecule has 1 heterocycles. The Balaban J connectivity index is 2.41. The van der Waals surface area contributed by atoms with Gasteiger partial charge in [0.15, 0.2) is 6.29 Å². The van der Waals surface area contributed by atoms with E-state index in [0.29, 0.717) is 12.1 Å². The Labute approximate surface area is 152 Å². The summed E-state index contributed by atoms with van der Waals surface area (Å²) in [5, 5.41) is 0. The summed E-state index contributed by atoms with van der Waals surface area (Å²) in [6.45, 7) is 8.45. The van der Waals surface area contributed by atoms with E-state index in [9.17, 15) is 9.59 Å². The summed E-state index contributed by atoms with van der Waals surface area (Å²) in [7, 11) is 0. The molecule has 0 aliphatic heterocycles. The lowest BCUT2D eigenvalue weighted by atomic mass is 10.0. The molecule has 0 atom stereocenters. The maximum atomic E-state index is 11.8. The van der Waals surface area contributed by atoms with Gasteiger partial charge in [-0.3, -0.25) is 9.59 Å². The number of aromatic nitrogens is 1. The fraction of sp³-hybridized carbons (Fsp3) is 0.556. The molecule has 1 aromatic rings. The van der Waals surface area contributed by atoms with Crippen molar-refractivity contribution in [3.8, 4) is 0 Å². The van der Waals surface area contributed by atoms with Crippen LogP contribution >= 0.6 is 22.6 Å². The van der Waals surface area contributed by atoms with Crippen molar-refractivity contribution >= 4 is 34.8 Å². The number of allylic oxidation sites excluding steroid dienone is 2. The molecule has 0 unspecified atom stereocenters. The lowest BCUT2D eigenvalue weighted by Crippen LogP contribution is -2.23. The molecule has 0 aliphatic carbocycles. The highest BCUT2D eigenvalue weighted by atomic mass is 127. The smallest absolute Gasteiger partial charge is 0.306 e. The topological polar surface area (TPSA) is 48.3 Å². The van der Waals surface area contributed by atoms with Crippen molar-refractivity contribution in [3.63, 3.8) is 0 Å². The molecule has 0 saturated carbocycles. The number of rotatable bonds is 8. The Morgan fingerprint density at radius 1 is 1.26 bits per heavy atom. The van der Waals surface area contributed by atoms with Crippen LogP contribution in [0.5, 0.6) is 0 Å². The van der Waals surface area contributed by atoms with Gasteiger partial charge in [0.1, 0.15) is 5.60 Å². The molecule has 128 valence electrons. The number of hydrogen-bond donors (Lipinski definition) is 0. The molecule has 23 heavy (non-hydrogen) atoms. The SMILES string of the molecule is C/C=C(/CCCn1c(I)ccc1C=O)CCC(=O)OC(C)(C)C. The van der Waals surface area contributed by atoms with E-state index in [0.717, 1.165) is 35.8 Å². The highest BCUT2D eigenvalue weighted by molar-refractivity contribution is 14.1. The van der Waals surface area contributed by atoms with Crippen LogP contribution in [0.4, 0.5) is 0 Å². The first kappa shape index (κ1) is 19.9. The average molecular weight is 431 g/mol. The summed E-state index contributed by atoms with van der Waals surface area (Å²) < 4.78 is 8.42. The van der Waals surface area contributed by atoms with E-state index in [1.807, 2.05) is 44.4 Å². The second-order valence-corrected chi connectivity index (χ2v) is 7.59. The van der Waals surface area contributed by atoms with Crippen molar-refractivity contribution in [3.05, 3.63) is 33.2 Å². The lowest BCUT2D eigenvalue weighted by Gasteiger charge is -2.19. The van der Waals surface area contributed by atoms with Gasteiger partial charge < -0.3 is 9.30 Å². The molecule has 0 aromatic carbocycles. The predicted octanol–water partition coefficient (Wildman–Crippen LogP) is 4.75. The summed E-state index contributed by atoms with van der Waals surface area (Å²) >= 11 is 2.24. The average Bonchev–Trinajstić information content (AvgIpc) is 2.81. The van der Waals surface area contributed by atoms with Gasteiger partial charge in [0.05, 0.1) is 9.39 Å². The number of esters is 1. The zero-order valence-corrected chi connectivity index (χ0v) is 16.6. The van der Waals surface area contributed by atoms with E-state index in [1.165, 1.54) is 5.57 Å². The molecule has 1 rings (SSSR count). The van der Waals surface area contributed by atoms with Gasteiger partial charge in [-0.25, -0.2) is 0 Å². The Morgan fingerprint density at radius 3 is 2.52 bits per heavy atom. The fourth-order valence-electron chi connectivity index (χ4n) is 2.33. The van der Waals surface area contributed by atoms with Crippen molar-refractivity contribution < 1.29 is 14.3 Å². The minimum Gasteiger partial charge on any atom is -0.460 e. The predicted molar refractivity (Wildman–Crippen MR) is 101 cm³/mol. The number of aldehydes is 1. The number of hydrogen-bond acceptors (Lipinski definition) is 3. The van der Waals surface area contributed by atoms with Crippen LogP contribution in [0.1, 0.15) is 63.9 Å². The maximum absolute atomic E-state index is 11.8. The Hall–Kier alpha value is -1.11. The summed E-state index contributed by atoms with van der Waals surface area (Å²) in [5.74, 6) is -0.153. The van der Waals surface area contributed by atoms with Crippen molar-refractivity contribution in [2.75, 3.05) is 0 Å². The molecule has 1 aromatic heterocycles. The Kier molecular flexibility index (Phi) is 8.02. The van der Waals surface area contributed by atoms with Crippen molar-refractivity contribution in [1.82, 2.24) is 4.57 Å². The fourth-order valence-corrected chi connectivity index (χ4v) is 3.03. The molecule has 0 aliphatic rings. The number of nitrogens with zero attached hydrogens (tertiary/aromatic N) is 1. The number of carbonyl (C=O) groups excluding carboxylic acids is 2. The molecule has 0 N–H and O–H groups in total. The molecule has 0 fully saturated rings. The van der Waals surface area contributed by atoms with Gasteiger partial charge in [-0.2, -0.15) is 0 Å². The van der Waals surface area contributed by atoms with Gasteiger partial charge >= 0.3 is 5.97 Å². The highest BCUT2D eigenvalue weighted by Gasteiger charge is 2.16. The van der Waals surface area contributed by atoms with Crippen LogP contribution < -0.4 is 0 Å². The molecule has 5 heteroatoms. The van der Waals surface area contributed by atoms with E-state index in [1.54, 1.807) is 0 Å². The van der Waals surface area contributed by atoms with Gasteiger partial charge in [0, 0.05) is 13.0 Å². The zero-order valence-electron chi connectivity index (χ0n) is 14.4. The lowest BCUT2D eigenvalue weighted by molar-refractivity contribution is -0.154. The second kappa shape index (κ2) is 9.25. The van der Waals surface area contributed by atoms with Crippen LogP contribution in [0.25, 0.3) is 0 Å². The largest absolute Gasteiger partial charge is 0.460 e. The second-order valence-electron chi connectivity index (χ2n) is 6.49. The van der Waals surface area contributed by atoms with Gasteiger partial charge in [-0.1, -0.05) is 11.6 Å². The van der Waals surface area contributed by atoms with Crippen LogP contribution in [-0.4, -0.2) is 22.4 Å². The maximum Gasteiger partial charge on any atom is 0.306 e. The quantitative estimate of drug-likeness (QED) is 0.258. The standard InChI is InChI=1S/C18H26INO3/c1-5-14(8-11-17(22)23-18(2,3)4)7-6-12-20-15(13-21)9-10-16(20)19/h5,9-10,13H,6-8,11-12H2,1-4H3/b14-5-. The monoisotopic (exact) mass is 431 g/mol. The molecule has 0 spiro atoms. The molecular weight excluding hydrogens is 405 g/mol. The summed E-state index contributed by atoms with van der Waals surface area (Å²) in [6.07, 6.45) is 5.98. The Bertz CT molecular complexity index is 567. The van der Waals surface area contributed by atoms with Crippen LogP contribution in [0.2, 0.25) is 0 Å². The summed E-state index contributed by atoms with van der Waals surface area (Å²) in [4.78, 5) is 22.8. The van der Waals surface area contributed by atoms with Gasteiger partial charge in [0.25, 0.3) is 0 Å². The van der Waals surface area contributed by atoms with Gasteiger partial charge in [0.2, 0.25) is 0 Å². The number of halogens is 1. The summed E-state index contributed by atoms with van der Waals surface area (Å²) in [6, 6.07) is 3.79. The first-order valence-electron chi connectivity index (χ1n) is 7.93. The van der Waals surface area contributed by atoms with Gasteiger partial charge in [-0.05, 0) is 81.7 Å². The normalized spacial score (nSPS) is 12.3. The van der Waals surface area contributed by atoms with E-state index >= 15 is 0 Å². The summed E-state index contributed by atoms with van der Waals surface area (Å²) in [5.41, 5.74) is 1.54. The van der Waals surface area contributed by atoms with Crippen LogP contribution in [0, 0.1) is 3.70 Å². The third kappa shape index (κ3) is 7.33. The molecule has 0 amide bonds. The van der Waals surface area contributed by atoms with E-state index in [2.05, 4.69) is 28.7 Å². The third-order valence-electron chi connectivity index (χ3n) is 3.44. The minimum atomic E-state index is -0.427. The van der Waals surface area contributed by atoms with Crippen LogP contribution in [-0.2, 0) is 16.1 Å². The van der Waals surface area contributed by atoms with E-state index in [-0.39, 0.29) is 5.97 Å². The Morgan fingerprint density at radius 2 is 1.96 bits per heavy atom. The number of ether oxygens (including phenoxy) is 1. The van der Waals surface area contributed by atoms with Crippen LogP contribution in [0.15, 0.2) is 23.8 Å². The molecule has 0 bridgehead atoms.